The van der Waals surface area contributed by atoms with Gasteiger partial charge in [-0.2, -0.15) is 0 Å². The number of alkyl halides is 3. The van der Waals surface area contributed by atoms with Gasteiger partial charge in [-0.15, -0.1) is 13.2 Å². The fourth-order valence-electron chi connectivity index (χ4n) is 1.94. The van der Waals surface area contributed by atoms with Gasteiger partial charge in [-0.1, -0.05) is 24.3 Å². The first-order valence-corrected chi connectivity index (χ1v) is 6.15. The Morgan fingerprint density at radius 2 is 1.73 bits per heavy atom. The molecule has 0 amide bonds. The molecule has 116 valence electrons. The number of carbonyl (C=O) groups is 1. The van der Waals surface area contributed by atoms with Crippen molar-refractivity contribution in [3.05, 3.63) is 48.0 Å². The Morgan fingerprint density at radius 3 is 2.27 bits per heavy atom. The number of carbonyl (C=O) groups excluding carboxylic acids is 1. The Bertz CT molecular complexity index is 681. The first kappa shape index (κ1) is 15.7. The lowest BCUT2D eigenvalue weighted by Crippen LogP contribution is -2.16. The summed E-state index contributed by atoms with van der Waals surface area (Å²) in [4.78, 5) is 11.6. The second kappa shape index (κ2) is 5.97. The molecule has 2 aromatic carbocycles. The summed E-state index contributed by atoms with van der Waals surface area (Å²) in [5, 5.41) is 0. The lowest BCUT2D eigenvalue weighted by Gasteiger charge is -2.12. The summed E-state index contributed by atoms with van der Waals surface area (Å²) < 4.78 is 44.8. The predicted molar refractivity (Wildman–Crippen MR) is 74.3 cm³/mol. The monoisotopic (exact) mass is 311 g/mol. The van der Waals surface area contributed by atoms with Crippen molar-refractivity contribution in [3.63, 3.8) is 0 Å². The summed E-state index contributed by atoms with van der Waals surface area (Å²) in [6.45, 7) is 0. The van der Waals surface area contributed by atoms with Gasteiger partial charge in [-0.3, -0.25) is 0 Å². The number of ether oxygens (including phenoxy) is 2. The largest absolute Gasteiger partial charge is 0.573 e. The van der Waals surface area contributed by atoms with E-state index in [9.17, 15) is 18.0 Å². The highest BCUT2D eigenvalue weighted by atomic mass is 19.4. The van der Waals surface area contributed by atoms with Crippen molar-refractivity contribution in [2.45, 2.75) is 6.36 Å². The molecule has 0 aromatic heterocycles. The first-order chi connectivity index (χ1) is 10.3. The number of esters is 1. The maximum Gasteiger partial charge on any atom is 0.573 e. The van der Waals surface area contributed by atoms with Crippen LogP contribution >= 0.6 is 0 Å². The molecule has 0 saturated carbocycles. The number of nitrogen functional groups attached to an aromatic ring is 1. The van der Waals surface area contributed by atoms with Crippen molar-refractivity contribution in [2.75, 3.05) is 12.8 Å². The predicted octanol–water partition coefficient (Wildman–Crippen LogP) is 3.62. The van der Waals surface area contributed by atoms with Crippen LogP contribution in [0.25, 0.3) is 11.1 Å². The summed E-state index contributed by atoms with van der Waals surface area (Å²) in [5.74, 6) is -0.921. The summed E-state index contributed by atoms with van der Waals surface area (Å²) in [6, 6.07) is 9.97. The third-order valence-electron chi connectivity index (χ3n) is 2.91. The Balaban J connectivity index is 2.35. The molecule has 2 N–H and O–H groups in total. The highest BCUT2D eigenvalue weighted by Gasteiger charge is 2.31. The number of halogens is 3. The molecule has 0 radical (unpaired) electrons. The van der Waals surface area contributed by atoms with Crippen molar-refractivity contribution in [2.24, 2.45) is 0 Å². The average Bonchev–Trinajstić information content (AvgIpc) is 2.46. The van der Waals surface area contributed by atoms with Crippen molar-refractivity contribution in [3.8, 4) is 16.9 Å². The standard InChI is InChI=1S/C15H12F3NO3/c1-21-14(20)12-4-2-3-11(13(12)19)9-5-7-10(8-6-9)22-15(16,17)18/h2-8H,19H2,1H3. The fourth-order valence-corrected chi connectivity index (χ4v) is 1.94. The van der Waals surface area contributed by atoms with Crippen LogP contribution in [0.3, 0.4) is 0 Å². The van der Waals surface area contributed by atoms with Crippen LogP contribution in [0, 0.1) is 0 Å². The van der Waals surface area contributed by atoms with Crippen LogP contribution in [0.1, 0.15) is 10.4 Å². The second-order valence-corrected chi connectivity index (χ2v) is 4.33. The lowest BCUT2D eigenvalue weighted by atomic mass is 10.0. The van der Waals surface area contributed by atoms with Crippen LogP contribution in [0.15, 0.2) is 42.5 Å². The van der Waals surface area contributed by atoms with Gasteiger partial charge in [-0.05, 0) is 23.8 Å². The van der Waals surface area contributed by atoms with E-state index in [1.54, 1.807) is 12.1 Å². The molecule has 0 unspecified atom stereocenters. The normalized spacial score (nSPS) is 11.1. The number of benzene rings is 2. The van der Waals surface area contributed by atoms with E-state index in [2.05, 4.69) is 9.47 Å². The van der Waals surface area contributed by atoms with E-state index in [0.29, 0.717) is 11.1 Å². The van der Waals surface area contributed by atoms with Gasteiger partial charge in [-0.25, -0.2) is 4.79 Å². The quantitative estimate of drug-likeness (QED) is 0.694. The Morgan fingerprint density at radius 1 is 1.09 bits per heavy atom. The van der Waals surface area contributed by atoms with Crippen molar-refractivity contribution < 1.29 is 27.4 Å². The molecule has 22 heavy (non-hydrogen) atoms. The van der Waals surface area contributed by atoms with Gasteiger partial charge in [0.2, 0.25) is 0 Å². The minimum Gasteiger partial charge on any atom is -0.465 e. The van der Waals surface area contributed by atoms with Crippen LogP contribution in [0.4, 0.5) is 18.9 Å². The molecule has 7 heteroatoms. The minimum absolute atomic E-state index is 0.190. The molecule has 0 atom stereocenters. The van der Waals surface area contributed by atoms with Crippen LogP contribution < -0.4 is 10.5 Å². The summed E-state index contributed by atoms with van der Waals surface area (Å²) in [7, 11) is 1.23. The third kappa shape index (κ3) is 3.49. The van der Waals surface area contributed by atoms with E-state index >= 15 is 0 Å². The Labute approximate surface area is 124 Å². The van der Waals surface area contributed by atoms with Gasteiger partial charge in [0, 0.05) is 5.56 Å². The summed E-state index contributed by atoms with van der Waals surface area (Å²) >= 11 is 0. The van der Waals surface area contributed by atoms with Crippen molar-refractivity contribution in [1.82, 2.24) is 0 Å². The molecule has 0 aliphatic heterocycles. The Hall–Kier alpha value is -2.70. The zero-order valence-electron chi connectivity index (χ0n) is 11.5. The minimum atomic E-state index is -4.74. The van der Waals surface area contributed by atoms with Crippen LogP contribution in [-0.2, 0) is 4.74 Å². The van der Waals surface area contributed by atoms with Gasteiger partial charge in [0.25, 0.3) is 0 Å². The van der Waals surface area contributed by atoms with Gasteiger partial charge >= 0.3 is 12.3 Å². The molecule has 0 heterocycles. The van der Waals surface area contributed by atoms with Gasteiger partial charge in [0.15, 0.2) is 0 Å². The molecule has 2 aromatic rings. The smallest absolute Gasteiger partial charge is 0.465 e. The highest BCUT2D eigenvalue weighted by molar-refractivity contribution is 5.99. The zero-order chi connectivity index (χ0) is 16.3. The maximum atomic E-state index is 12.1. The number of anilines is 1. The molecule has 4 nitrogen and oxygen atoms in total. The summed E-state index contributed by atoms with van der Waals surface area (Å²) in [5.41, 5.74) is 7.37. The van der Waals surface area contributed by atoms with Crippen LogP contribution in [0.5, 0.6) is 5.75 Å². The molecule has 0 fully saturated rings. The molecule has 0 aliphatic carbocycles. The molecule has 0 spiro atoms. The molecular weight excluding hydrogens is 299 g/mol. The average molecular weight is 311 g/mol. The Kier molecular flexibility index (Phi) is 4.25. The molecule has 0 bridgehead atoms. The van der Waals surface area contributed by atoms with Crippen molar-refractivity contribution in [1.29, 1.82) is 0 Å². The SMILES string of the molecule is COC(=O)c1cccc(-c2ccc(OC(F)(F)F)cc2)c1N. The topological polar surface area (TPSA) is 61.5 Å². The zero-order valence-corrected chi connectivity index (χ0v) is 11.5. The maximum absolute atomic E-state index is 12.1. The van der Waals surface area contributed by atoms with E-state index in [4.69, 9.17) is 5.73 Å². The fraction of sp³-hybridized carbons (Fsp3) is 0.133. The van der Waals surface area contributed by atoms with Crippen molar-refractivity contribution >= 4 is 11.7 Å². The molecule has 0 saturated heterocycles. The van der Waals surface area contributed by atoms with Crippen LogP contribution in [0.2, 0.25) is 0 Å². The van der Waals surface area contributed by atoms with Crippen LogP contribution in [-0.4, -0.2) is 19.4 Å². The molecule has 0 aliphatic rings. The number of rotatable bonds is 3. The third-order valence-corrected chi connectivity index (χ3v) is 2.91. The lowest BCUT2D eigenvalue weighted by molar-refractivity contribution is -0.274. The van der Waals surface area contributed by atoms with Gasteiger partial charge in [0.1, 0.15) is 5.75 Å². The van der Waals surface area contributed by atoms with E-state index in [1.807, 2.05) is 0 Å². The summed E-state index contributed by atoms with van der Waals surface area (Å²) in [6.07, 6.45) is -4.74. The second-order valence-electron chi connectivity index (χ2n) is 4.33. The van der Waals surface area contributed by atoms with E-state index in [-0.39, 0.29) is 17.0 Å². The number of para-hydroxylation sites is 1. The number of nitrogens with two attached hydrogens (primary N) is 1. The first-order valence-electron chi connectivity index (χ1n) is 6.15. The number of hydrogen-bond acceptors (Lipinski definition) is 4. The molecular formula is C15H12F3NO3. The van der Waals surface area contributed by atoms with E-state index in [1.165, 1.54) is 37.4 Å². The number of methoxy groups -OCH3 is 1. The van der Waals surface area contributed by atoms with E-state index < -0.39 is 12.3 Å². The number of hydrogen-bond donors (Lipinski definition) is 1. The molecule has 2 rings (SSSR count). The van der Waals surface area contributed by atoms with E-state index in [0.717, 1.165) is 0 Å². The van der Waals surface area contributed by atoms with Gasteiger partial charge in [0.05, 0.1) is 18.4 Å². The van der Waals surface area contributed by atoms with Gasteiger partial charge < -0.3 is 15.2 Å². The highest BCUT2D eigenvalue weighted by Crippen LogP contribution is 2.31.